The molecule has 3 nitrogen and oxygen atoms in total. The number of hydrogen-bond acceptors (Lipinski definition) is 3. The highest BCUT2D eigenvalue weighted by atomic mass is 32.9. The Hall–Kier alpha value is 0.130. The second kappa shape index (κ2) is 5.65. The van der Waals surface area contributed by atoms with Crippen LogP contribution in [-0.4, -0.2) is 13.9 Å². The predicted octanol–water partition coefficient (Wildman–Crippen LogP) is 2.35. The van der Waals surface area contributed by atoms with E-state index in [9.17, 15) is 13.2 Å². The Morgan fingerprint density at radius 3 is 2.19 bits per heavy atom. The zero-order valence-electron chi connectivity index (χ0n) is 8.67. The Bertz CT molecular complexity index is 481. The molecule has 0 amide bonds. The molecule has 1 aromatic carbocycles. The maximum absolute atomic E-state index is 11.5. The van der Waals surface area contributed by atoms with Gasteiger partial charge in [0.2, 0.25) is 0 Å². The lowest BCUT2D eigenvalue weighted by Crippen LogP contribution is -2.01. The summed E-state index contributed by atoms with van der Waals surface area (Å²) in [5.74, 6) is -0.222. The van der Waals surface area contributed by atoms with Gasteiger partial charge in [-0.25, -0.2) is 8.42 Å². The zero-order chi connectivity index (χ0) is 12.3. The molecule has 4 atom stereocenters. The molecule has 88 valence electrons. The van der Waals surface area contributed by atoms with E-state index in [1.807, 2.05) is 0 Å². The maximum atomic E-state index is 11.5. The quantitative estimate of drug-likeness (QED) is 0.801. The van der Waals surface area contributed by atoms with Crippen LogP contribution in [-0.2, 0) is 14.3 Å². The van der Waals surface area contributed by atoms with Crippen molar-refractivity contribution in [2.45, 2.75) is 17.7 Å². The summed E-state index contributed by atoms with van der Waals surface area (Å²) in [4.78, 5) is 11.4. The van der Waals surface area contributed by atoms with Crippen LogP contribution in [0.25, 0.3) is 0 Å². The summed E-state index contributed by atoms with van der Waals surface area (Å²) < 4.78 is 23.1. The lowest BCUT2D eigenvalue weighted by molar-refractivity contribution is -0.112. The van der Waals surface area contributed by atoms with E-state index in [-0.39, 0.29) is 18.9 Å². The van der Waals surface area contributed by atoms with Gasteiger partial charge in [-0.1, -0.05) is 37.2 Å². The third-order valence-corrected chi connectivity index (χ3v) is 8.41. The molecule has 0 fully saturated rings. The molecule has 0 spiro atoms. The summed E-state index contributed by atoms with van der Waals surface area (Å²) in [7, 11) is 0.964. The van der Waals surface area contributed by atoms with Crippen molar-refractivity contribution in [1.82, 2.24) is 0 Å². The molecule has 1 aromatic rings. The molecular formula is C9H13O3P3S. The monoisotopic (exact) mass is 294 g/mol. The molecule has 0 aromatic heterocycles. The third kappa shape index (κ3) is 3.31. The Morgan fingerprint density at radius 1 is 1.31 bits per heavy atom. The van der Waals surface area contributed by atoms with Crippen LogP contribution in [0.2, 0.25) is 0 Å². The molecule has 0 heterocycles. The molecule has 0 N–H and O–H groups in total. The van der Waals surface area contributed by atoms with Crippen molar-refractivity contribution < 1.29 is 13.2 Å². The molecule has 7 heteroatoms. The molecule has 0 aliphatic heterocycles. The highest BCUT2D eigenvalue weighted by molar-refractivity contribution is 8.60. The minimum absolute atomic E-state index is 0.0106. The van der Waals surface area contributed by atoms with E-state index in [0.717, 1.165) is 5.56 Å². The molecule has 1 rings (SSSR count). The van der Waals surface area contributed by atoms with Crippen LogP contribution < -0.4 is 0 Å². The van der Waals surface area contributed by atoms with E-state index < -0.39 is 9.46 Å². The molecule has 0 aliphatic rings. The van der Waals surface area contributed by atoms with Gasteiger partial charge in [0, 0.05) is 13.4 Å². The summed E-state index contributed by atoms with van der Waals surface area (Å²) in [6.45, 7) is 1.79. The van der Waals surface area contributed by atoms with E-state index in [1.165, 1.54) is 0 Å². The molecule has 0 saturated heterocycles. The first kappa shape index (κ1) is 14.2. The van der Waals surface area contributed by atoms with Crippen LogP contribution in [0.3, 0.4) is 0 Å². The first-order chi connectivity index (χ1) is 7.38. The van der Waals surface area contributed by atoms with Crippen molar-refractivity contribution in [3.05, 3.63) is 29.8 Å². The normalized spacial score (nSPS) is 14.2. The first-order valence-corrected chi connectivity index (χ1v) is 10.1. The lowest BCUT2D eigenvalue weighted by atomic mass is 10.0. The number of hydrogen-bond donors (Lipinski definition) is 0. The average molecular weight is 294 g/mol. The van der Waals surface area contributed by atoms with Crippen molar-refractivity contribution in [2.75, 3.05) is 0 Å². The summed E-state index contributed by atoms with van der Waals surface area (Å²) >= 11 is 0. The van der Waals surface area contributed by atoms with Crippen LogP contribution in [0.4, 0.5) is 0 Å². The Balaban J connectivity index is 3.05. The SMILES string of the molecule is CC(C(=O)P)c1ccc(S(=O)(=O)PP)cc1. The molecule has 0 saturated carbocycles. The van der Waals surface area contributed by atoms with Gasteiger partial charge in [-0.15, -0.1) is 0 Å². The summed E-state index contributed by atoms with van der Waals surface area (Å²) in [5.41, 5.74) is 0.814. The Kier molecular flexibility index (Phi) is 5.01. The van der Waals surface area contributed by atoms with Crippen LogP contribution in [0.15, 0.2) is 29.2 Å². The van der Waals surface area contributed by atoms with E-state index in [4.69, 9.17) is 0 Å². The third-order valence-electron chi connectivity index (χ3n) is 2.27. The van der Waals surface area contributed by atoms with Crippen LogP contribution in [0.1, 0.15) is 18.4 Å². The highest BCUT2D eigenvalue weighted by Crippen LogP contribution is 2.35. The number of carbonyl (C=O) groups is 1. The van der Waals surface area contributed by atoms with Gasteiger partial charge in [0.1, 0.15) is 0 Å². The van der Waals surface area contributed by atoms with Crippen molar-refractivity contribution >= 4 is 40.6 Å². The minimum atomic E-state index is -3.16. The number of carbonyl (C=O) groups excluding carboxylic acids is 1. The van der Waals surface area contributed by atoms with Crippen LogP contribution >= 0.6 is 25.6 Å². The molecular weight excluding hydrogens is 281 g/mol. The fraction of sp³-hybridized carbons (Fsp3) is 0.222. The fourth-order valence-corrected chi connectivity index (χ4v) is 4.03. The standard InChI is InChI=1S/C9H13O3P3S/c1-6(9(10)13)7-2-4-8(5-3-7)16(11,12)15-14/h2-6,15H,13-14H2,1H3. The van der Waals surface area contributed by atoms with Crippen molar-refractivity contribution in [2.24, 2.45) is 0 Å². The van der Waals surface area contributed by atoms with E-state index in [0.29, 0.717) is 4.90 Å². The predicted molar refractivity (Wildman–Crippen MR) is 74.8 cm³/mol. The lowest BCUT2D eigenvalue weighted by Gasteiger charge is -2.08. The number of benzene rings is 1. The summed E-state index contributed by atoms with van der Waals surface area (Å²) in [5, 5.41) is 0. The van der Waals surface area contributed by atoms with E-state index in [2.05, 4.69) is 18.2 Å². The Morgan fingerprint density at radius 2 is 1.81 bits per heavy atom. The maximum Gasteiger partial charge on any atom is 0.195 e. The topological polar surface area (TPSA) is 51.2 Å². The van der Waals surface area contributed by atoms with Crippen molar-refractivity contribution in [3.8, 4) is 0 Å². The van der Waals surface area contributed by atoms with Gasteiger partial charge in [-0.2, -0.15) is 0 Å². The van der Waals surface area contributed by atoms with Gasteiger partial charge >= 0.3 is 0 Å². The molecule has 16 heavy (non-hydrogen) atoms. The molecule has 4 unspecified atom stereocenters. The molecule has 0 bridgehead atoms. The number of rotatable bonds is 4. The first-order valence-electron chi connectivity index (χ1n) is 4.50. The summed E-state index contributed by atoms with van der Waals surface area (Å²) in [6.07, 6.45) is 0. The van der Waals surface area contributed by atoms with Gasteiger partial charge in [0.15, 0.2) is 15.0 Å². The van der Waals surface area contributed by atoms with Gasteiger partial charge in [0.25, 0.3) is 0 Å². The molecule has 0 aliphatic carbocycles. The van der Waals surface area contributed by atoms with Crippen LogP contribution in [0.5, 0.6) is 0 Å². The highest BCUT2D eigenvalue weighted by Gasteiger charge is 2.14. The smallest absolute Gasteiger partial charge is 0.195 e. The second-order valence-corrected chi connectivity index (χ2v) is 10.0. The zero-order valence-corrected chi connectivity index (χ0v) is 12.8. The van der Waals surface area contributed by atoms with Gasteiger partial charge in [-0.05, 0) is 17.7 Å². The fourth-order valence-electron chi connectivity index (χ4n) is 1.17. The van der Waals surface area contributed by atoms with E-state index in [1.54, 1.807) is 31.2 Å². The van der Waals surface area contributed by atoms with Crippen molar-refractivity contribution in [3.63, 3.8) is 0 Å². The Labute approximate surface area is 102 Å². The minimum Gasteiger partial charge on any atom is -0.295 e. The van der Waals surface area contributed by atoms with Crippen LogP contribution in [0, 0.1) is 0 Å². The summed E-state index contributed by atoms with van der Waals surface area (Å²) in [6, 6.07) is 6.46. The second-order valence-electron chi connectivity index (χ2n) is 3.31. The van der Waals surface area contributed by atoms with Gasteiger partial charge in [-0.3, -0.25) is 4.79 Å². The largest absolute Gasteiger partial charge is 0.295 e. The average Bonchev–Trinajstić information content (AvgIpc) is 2.28. The van der Waals surface area contributed by atoms with E-state index >= 15 is 0 Å². The van der Waals surface area contributed by atoms with Crippen molar-refractivity contribution in [1.29, 1.82) is 0 Å². The van der Waals surface area contributed by atoms with Gasteiger partial charge < -0.3 is 0 Å². The molecule has 0 radical (unpaired) electrons. The van der Waals surface area contributed by atoms with Gasteiger partial charge in [0.05, 0.1) is 4.90 Å².